The zero-order chi connectivity index (χ0) is 12.5. The van der Waals surface area contributed by atoms with E-state index in [2.05, 4.69) is 10.6 Å². The lowest BCUT2D eigenvalue weighted by Gasteiger charge is -2.38. The number of halogens is 1. The third-order valence-electron chi connectivity index (χ3n) is 4.15. The van der Waals surface area contributed by atoms with Gasteiger partial charge in [-0.1, -0.05) is 6.42 Å². The Morgan fingerprint density at radius 2 is 2.11 bits per heavy atom. The molecule has 6 nitrogen and oxygen atoms in total. The summed E-state index contributed by atoms with van der Waals surface area (Å²) in [6.07, 6.45) is 3.24. The maximum absolute atomic E-state index is 12.4. The number of piperazine rings is 1. The number of rotatable bonds is 1. The van der Waals surface area contributed by atoms with E-state index >= 15 is 0 Å². The third kappa shape index (κ3) is 2.79. The van der Waals surface area contributed by atoms with Crippen LogP contribution >= 0.6 is 12.4 Å². The molecule has 2 atom stereocenters. The van der Waals surface area contributed by atoms with Crippen LogP contribution in [0.4, 0.5) is 4.79 Å². The molecule has 3 fully saturated rings. The van der Waals surface area contributed by atoms with Crippen LogP contribution in [0.5, 0.6) is 0 Å². The van der Waals surface area contributed by atoms with Crippen molar-refractivity contribution in [3.8, 4) is 0 Å². The van der Waals surface area contributed by atoms with Crippen LogP contribution in [0.1, 0.15) is 19.3 Å². The first-order valence-corrected chi connectivity index (χ1v) is 6.82. The van der Waals surface area contributed by atoms with Crippen molar-refractivity contribution >= 4 is 24.3 Å². The van der Waals surface area contributed by atoms with Crippen molar-refractivity contribution in [1.82, 2.24) is 20.4 Å². The molecule has 108 valence electrons. The predicted molar refractivity (Wildman–Crippen MR) is 73.4 cm³/mol. The molecule has 19 heavy (non-hydrogen) atoms. The van der Waals surface area contributed by atoms with Crippen molar-refractivity contribution < 1.29 is 9.59 Å². The minimum absolute atomic E-state index is 0. The molecule has 3 aliphatic heterocycles. The van der Waals surface area contributed by atoms with Crippen molar-refractivity contribution in [2.24, 2.45) is 0 Å². The van der Waals surface area contributed by atoms with Gasteiger partial charge in [-0.25, -0.2) is 4.79 Å². The van der Waals surface area contributed by atoms with Gasteiger partial charge < -0.3 is 20.4 Å². The lowest BCUT2D eigenvalue weighted by Crippen LogP contribution is -2.58. The second-order valence-electron chi connectivity index (χ2n) is 5.32. The average Bonchev–Trinajstić information content (AvgIpc) is 2.80. The van der Waals surface area contributed by atoms with Crippen molar-refractivity contribution in [3.63, 3.8) is 0 Å². The molecule has 7 heteroatoms. The van der Waals surface area contributed by atoms with E-state index in [0.717, 1.165) is 19.4 Å². The lowest BCUT2D eigenvalue weighted by atomic mass is 10.0. The molecule has 3 saturated heterocycles. The summed E-state index contributed by atoms with van der Waals surface area (Å²) in [7, 11) is 0. The van der Waals surface area contributed by atoms with E-state index in [1.807, 2.05) is 9.80 Å². The third-order valence-corrected chi connectivity index (χ3v) is 4.15. The molecular formula is C12H21ClN4O2. The molecule has 0 aromatic carbocycles. The maximum Gasteiger partial charge on any atom is 0.317 e. The SMILES string of the molecule is Cl.O=C([C@@H]1CCCCN1)N1CCN2C(=O)NCC2C1. The van der Waals surface area contributed by atoms with Gasteiger partial charge in [0.2, 0.25) is 5.91 Å². The highest BCUT2D eigenvalue weighted by molar-refractivity contribution is 5.85. The molecule has 3 aliphatic rings. The van der Waals surface area contributed by atoms with E-state index in [-0.39, 0.29) is 36.4 Å². The van der Waals surface area contributed by atoms with Gasteiger partial charge in [-0.3, -0.25) is 4.79 Å². The summed E-state index contributed by atoms with van der Waals surface area (Å²) < 4.78 is 0. The van der Waals surface area contributed by atoms with Crippen LogP contribution in [-0.2, 0) is 4.79 Å². The quantitative estimate of drug-likeness (QED) is 0.702. The van der Waals surface area contributed by atoms with Crippen LogP contribution in [-0.4, -0.2) is 66.5 Å². The Bertz CT molecular complexity index is 360. The minimum atomic E-state index is -0.00429. The van der Waals surface area contributed by atoms with E-state index in [1.54, 1.807) is 0 Å². The molecule has 0 aromatic heterocycles. The molecule has 0 aliphatic carbocycles. The van der Waals surface area contributed by atoms with E-state index < -0.39 is 0 Å². The summed E-state index contributed by atoms with van der Waals surface area (Å²) in [4.78, 5) is 27.6. The van der Waals surface area contributed by atoms with Crippen LogP contribution in [0.3, 0.4) is 0 Å². The predicted octanol–water partition coefficient (Wildman–Crippen LogP) is -0.214. The number of hydrogen-bond donors (Lipinski definition) is 2. The van der Waals surface area contributed by atoms with Crippen LogP contribution in [0.2, 0.25) is 0 Å². The number of carbonyl (C=O) groups excluding carboxylic acids is 2. The molecule has 2 N–H and O–H groups in total. The van der Waals surface area contributed by atoms with Gasteiger partial charge in [-0.2, -0.15) is 0 Å². The lowest BCUT2D eigenvalue weighted by molar-refractivity contribution is -0.136. The molecule has 3 heterocycles. The smallest absolute Gasteiger partial charge is 0.317 e. The largest absolute Gasteiger partial charge is 0.337 e. The highest BCUT2D eigenvalue weighted by atomic mass is 35.5. The van der Waals surface area contributed by atoms with Gasteiger partial charge in [0.15, 0.2) is 0 Å². The van der Waals surface area contributed by atoms with Gasteiger partial charge in [-0.15, -0.1) is 12.4 Å². The standard InChI is InChI=1S/C12H20N4O2.ClH/c17-11(10-3-1-2-4-13-10)15-5-6-16-9(8-15)7-14-12(16)18;/h9-10,13H,1-8H2,(H,14,18);1H/t9?,10-;/m0./s1. The zero-order valence-electron chi connectivity index (χ0n) is 10.9. The first kappa shape index (κ1) is 14.4. The number of urea groups is 1. The summed E-state index contributed by atoms with van der Waals surface area (Å²) in [5.74, 6) is 0.216. The maximum atomic E-state index is 12.4. The molecule has 1 unspecified atom stereocenters. The molecule has 0 radical (unpaired) electrons. The summed E-state index contributed by atoms with van der Waals surface area (Å²) in [6, 6.07) is 0.178. The number of carbonyl (C=O) groups is 2. The first-order chi connectivity index (χ1) is 8.75. The average molecular weight is 289 g/mol. The molecule has 3 amide bonds. The van der Waals surface area contributed by atoms with Gasteiger partial charge >= 0.3 is 6.03 Å². The topological polar surface area (TPSA) is 64.7 Å². The Morgan fingerprint density at radius 3 is 2.84 bits per heavy atom. The first-order valence-electron chi connectivity index (χ1n) is 6.82. The summed E-state index contributed by atoms with van der Waals surface area (Å²) in [5.41, 5.74) is 0. The molecule has 0 aromatic rings. The van der Waals surface area contributed by atoms with Crippen LogP contribution < -0.4 is 10.6 Å². The van der Waals surface area contributed by atoms with E-state index in [9.17, 15) is 9.59 Å². The second kappa shape index (κ2) is 5.96. The Labute approximate surface area is 119 Å². The number of nitrogens with zero attached hydrogens (tertiary/aromatic N) is 2. The monoisotopic (exact) mass is 288 g/mol. The number of nitrogens with one attached hydrogen (secondary N) is 2. The highest BCUT2D eigenvalue weighted by Crippen LogP contribution is 2.17. The van der Waals surface area contributed by atoms with Crippen LogP contribution in [0.15, 0.2) is 0 Å². The number of hydrogen-bond acceptors (Lipinski definition) is 3. The normalized spacial score (nSPS) is 30.4. The molecule has 0 bridgehead atoms. The summed E-state index contributed by atoms with van der Waals surface area (Å²) in [6.45, 7) is 3.62. The number of fused-ring (bicyclic) bond motifs is 1. The van der Waals surface area contributed by atoms with E-state index in [4.69, 9.17) is 0 Å². The van der Waals surface area contributed by atoms with Crippen molar-refractivity contribution in [3.05, 3.63) is 0 Å². The van der Waals surface area contributed by atoms with Gasteiger partial charge in [0.1, 0.15) is 0 Å². The minimum Gasteiger partial charge on any atom is -0.337 e. The van der Waals surface area contributed by atoms with E-state index in [0.29, 0.717) is 26.2 Å². The van der Waals surface area contributed by atoms with Crippen molar-refractivity contribution in [1.29, 1.82) is 0 Å². The molecular weight excluding hydrogens is 268 g/mol. The van der Waals surface area contributed by atoms with Gasteiger partial charge in [0.25, 0.3) is 0 Å². The highest BCUT2D eigenvalue weighted by Gasteiger charge is 2.38. The van der Waals surface area contributed by atoms with Gasteiger partial charge in [0.05, 0.1) is 12.1 Å². The fourth-order valence-corrected chi connectivity index (χ4v) is 3.09. The van der Waals surface area contributed by atoms with Crippen LogP contribution in [0, 0.1) is 0 Å². The van der Waals surface area contributed by atoms with Crippen molar-refractivity contribution in [2.45, 2.75) is 31.3 Å². The Hall–Kier alpha value is -1.01. The summed E-state index contributed by atoms with van der Waals surface area (Å²) in [5, 5.41) is 6.13. The van der Waals surface area contributed by atoms with Gasteiger partial charge in [-0.05, 0) is 19.4 Å². The number of amides is 3. The zero-order valence-corrected chi connectivity index (χ0v) is 11.7. The number of piperidine rings is 1. The molecule has 0 saturated carbocycles. The second-order valence-corrected chi connectivity index (χ2v) is 5.32. The molecule has 0 spiro atoms. The van der Waals surface area contributed by atoms with Crippen LogP contribution in [0.25, 0.3) is 0 Å². The Morgan fingerprint density at radius 1 is 1.26 bits per heavy atom. The van der Waals surface area contributed by atoms with E-state index in [1.165, 1.54) is 6.42 Å². The van der Waals surface area contributed by atoms with Crippen molar-refractivity contribution in [2.75, 3.05) is 32.7 Å². The Balaban J connectivity index is 0.00000133. The fourth-order valence-electron chi connectivity index (χ4n) is 3.09. The fraction of sp³-hybridized carbons (Fsp3) is 0.833. The Kier molecular flexibility index (Phi) is 4.52. The van der Waals surface area contributed by atoms with Gasteiger partial charge in [0, 0.05) is 26.2 Å². The molecule has 3 rings (SSSR count). The summed E-state index contributed by atoms with van der Waals surface area (Å²) >= 11 is 0.